The Kier molecular flexibility index (Phi) is 7.68. The number of aromatic nitrogens is 1. The minimum absolute atomic E-state index is 0.0488. The van der Waals surface area contributed by atoms with E-state index >= 15 is 0 Å². The molecule has 188 valence electrons. The van der Waals surface area contributed by atoms with Crippen LogP contribution in [-0.4, -0.2) is 46.9 Å². The molecule has 2 fully saturated rings. The first-order valence-electron chi connectivity index (χ1n) is 12.3. The molecule has 9 heteroatoms. The number of nitrogens with one attached hydrogen (secondary N) is 2. The third-order valence-corrected chi connectivity index (χ3v) is 7.05. The maximum Gasteiger partial charge on any atom is 0.496 e. The summed E-state index contributed by atoms with van der Waals surface area (Å²) in [6.45, 7) is 15.6. The van der Waals surface area contributed by atoms with Crippen molar-refractivity contribution in [1.82, 2.24) is 10.3 Å². The van der Waals surface area contributed by atoms with E-state index in [0.717, 1.165) is 31.1 Å². The molecule has 0 unspecified atom stereocenters. The number of alkyl carbamates (subject to hydrolysis) is 1. The fraction of sp³-hybridized carbons (Fsp3) is 0.720. The molecule has 0 bridgehead atoms. The zero-order valence-electron chi connectivity index (χ0n) is 21.9. The third kappa shape index (κ3) is 6.51. The number of nitrogens with zero attached hydrogens (tertiary/aromatic N) is 1. The quantitative estimate of drug-likeness (QED) is 0.627. The zero-order valence-corrected chi connectivity index (χ0v) is 21.9. The minimum Gasteiger partial charge on any atom is -0.444 e. The van der Waals surface area contributed by atoms with Crippen molar-refractivity contribution >= 4 is 30.4 Å². The van der Waals surface area contributed by atoms with Crippen LogP contribution in [0.1, 0.15) is 81.1 Å². The third-order valence-electron chi connectivity index (χ3n) is 7.05. The molecule has 1 saturated heterocycles. The van der Waals surface area contributed by atoms with Crippen molar-refractivity contribution in [3.05, 3.63) is 18.3 Å². The van der Waals surface area contributed by atoms with E-state index in [9.17, 15) is 9.59 Å². The lowest BCUT2D eigenvalue weighted by Gasteiger charge is -2.32. The van der Waals surface area contributed by atoms with Gasteiger partial charge in [-0.15, -0.1) is 0 Å². The van der Waals surface area contributed by atoms with Gasteiger partial charge in [0.2, 0.25) is 5.91 Å². The van der Waals surface area contributed by atoms with Gasteiger partial charge in [-0.25, -0.2) is 9.78 Å². The van der Waals surface area contributed by atoms with E-state index < -0.39 is 36.1 Å². The maximum atomic E-state index is 13.2. The molecular weight excluding hydrogens is 433 g/mol. The summed E-state index contributed by atoms with van der Waals surface area (Å²) in [6, 6.07) is 2.88. The van der Waals surface area contributed by atoms with Crippen LogP contribution in [0.5, 0.6) is 0 Å². The van der Waals surface area contributed by atoms with Crippen molar-refractivity contribution in [3.8, 4) is 0 Å². The van der Waals surface area contributed by atoms with Gasteiger partial charge in [-0.3, -0.25) is 4.79 Å². The molecule has 2 amide bonds. The Bertz CT molecular complexity index is 858. The fourth-order valence-corrected chi connectivity index (χ4v) is 4.25. The minimum atomic E-state index is -0.688. The lowest BCUT2D eigenvalue weighted by molar-refractivity contribution is -0.119. The largest absolute Gasteiger partial charge is 0.496 e. The van der Waals surface area contributed by atoms with Crippen molar-refractivity contribution in [2.45, 2.75) is 104 Å². The Morgan fingerprint density at radius 3 is 2.18 bits per heavy atom. The van der Waals surface area contributed by atoms with E-state index in [0.29, 0.717) is 11.7 Å². The number of hydrogen-bond donors (Lipinski definition) is 2. The van der Waals surface area contributed by atoms with Gasteiger partial charge in [-0.2, -0.15) is 0 Å². The summed E-state index contributed by atoms with van der Waals surface area (Å²) in [4.78, 5) is 30.1. The second-order valence-electron chi connectivity index (χ2n) is 11.7. The Morgan fingerprint density at radius 1 is 1.09 bits per heavy atom. The molecule has 34 heavy (non-hydrogen) atoms. The first-order chi connectivity index (χ1) is 15.7. The molecule has 2 heterocycles. The monoisotopic (exact) mass is 473 g/mol. The molecule has 0 aromatic carbocycles. The summed E-state index contributed by atoms with van der Waals surface area (Å²) in [6.07, 6.45) is 4.88. The number of ether oxygens (including phenoxy) is 1. The number of pyridine rings is 1. The highest BCUT2D eigenvalue weighted by Gasteiger charge is 2.51. The van der Waals surface area contributed by atoms with E-state index in [4.69, 9.17) is 14.0 Å². The summed E-state index contributed by atoms with van der Waals surface area (Å²) in [5.74, 6) is 0.796. The smallest absolute Gasteiger partial charge is 0.444 e. The Hall–Kier alpha value is -2.13. The van der Waals surface area contributed by atoms with Crippen LogP contribution in [0.4, 0.5) is 10.6 Å². The molecule has 1 saturated carbocycles. The van der Waals surface area contributed by atoms with Crippen LogP contribution in [0.2, 0.25) is 0 Å². The average Bonchev–Trinajstić information content (AvgIpc) is 2.93. The highest BCUT2D eigenvalue weighted by molar-refractivity contribution is 6.62. The number of rotatable bonds is 5. The molecule has 2 N–H and O–H groups in total. The number of hydrogen-bond acceptors (Lipinski definition) is 6. The number of carbonyl (C=O) groups excluding carboxylic acids is 2. The SMILES string of the molecule is CC1CCC([C@H](NC(=O)OC(C)(C)C)C(=O)Nc2ccc(B3OC(C)(C)C(C)(C)O3)cn2)CC1. The summed E-state index contributed by atoms with van der Waals surface area (Å²) >= 11 is 0. The van der Waals surface area contributed by atoms with E-state index in [1.54, 1.807) is 33.0 Å². The van der Waals surface area contributed by atoms with Gasteiger partial charge >= 0.3 is 13.2 Å². The first kappa shape index (κ1) is 26.5. The Morgan fingerprint density at radius 2 is 1.68 bits per heavy atom. The van der Waals surface area contributed by atoms with Gasteiger partial charge in [0.15, 0.2) is 0 Å². The van der Waals surface area contributed by atoms with Gasteiger partial charge in [-0.1, -0.05) is 25.8 Å². The van der Waals surface area contributed by atoms with Gasteiger partial charge in [0.1, 0.15) is 17.5 Å². The molecule has 0 spiro atoms. The topological polar surface area (TPSA) is 98.8 Å². The summed E-state index contributed by atoms with van der Waals surface area (Å²) in [7, 11) is -0.520. The van der Waals surface area contributed by atoms with Crippen LogP contribution >= 0.6 is 0 Å². The Balaban J connectivity index is 1.68. The van der Waals surface area contributed by atoms with E-state index in [1.165, 1.54) is 0 Å². The first-order valence-corrected chi connectivity index (χ1v) is 12.3. The van der Waals surface area contributed by atoms with Crippen molar-refractivity contribution in [3.63, 3.8) is 0 Å². The highest BCUT2D eigenvalue weighted by atomic mass is 16.7. The van der Waals surface area contributed by atoms with Crippen LogP contribution < -0.4 is 16.1 Å². The van der Waals surface area contributed by atoms with Crippen LogP contribution in [0, 0.1) is 11.8 Å². The maximum absolute atomic E-state index is 13.2. The van der Waals surface area contributed by atoms with Crippen molar-refractivity contribution < 1.29 is 23.6 Å². The molecule has 1 atom stereocenters. The second-order valence-corrected chi connectivity index (χ2v) is 11.7. The summed E-state index contributed by atoms with van der Waals surface area (Å²) in [5, 5.41) is 5.68. The highest BCUT2D eigenvalue weighted by Crippen LogP contribution is 2.36. The molecule has 1 aliphatic carbocycles. The van der Waals surface area contributed by atoms with Gasteiger partial charge in [0, 0.05) is 11.7 Å². The van der Waals surface area contributed by atoms with Crippen molar-refractivity contribution in [1.29, 1.82) is 0 Å². The normalized spacial score (nSPS) is 24.9. The zero-order chi connectivity index (χ0) is 25.3. The predicted octanol–water partition coefficient (Wildman–Crippen LogP) is 4.04. The summed E-state index contributed by atoms with van der Waals surface area (Å²) in [5.41, 5.74) is -0.746. The standard InChI is InChI=1S/C25H40BN3O5/c1-16-9-11-17(12-10-16)20(29-22(31)32-23(2,3)4)21(30)28-19-14-13-18(15-27-19)26-33-24(5,6)25(7,8)34-26/h13-17,20H,9-12H2,1-8H3,(H,29,31)(H,27,28,30)/t16?,17?,20-/m0/s1. The van der Waals surface area contributed by atoms with E-state index in [-0.39, 0.29) is 11.8 Å². The number of amides is 2. The molecule has 8 nitrogen and oxygen atoms in total. The Labute approximate surface area is 204 Å². The van der Waals surface area contributed by atoms with Gasteiger partial charge in [0.05, 0.1) is 11.2 Å². The molecule has 1 aromatic rings. The van der Waals surface area contributed by atoms with E-state index in [1.807, 2.05) is 33.8 Å². The molecule has 1 aromatic heterocycles. The number of anilines is 1. The summed E-state index contributed by atoms with van der Waals surface area (Å²) < 4.78 is 17.6. The van der Waals surface area contributed by atoms with Crippen LogP contribution in [0.25, 0.3) is 0 Å². The van der Waals surface area contributed by atoms with Gasteiger partial charge < -0.3 is 24.7 Å². The van der Waals surface area contributed by atoms with Crippen LogP contribution in [-0.2, 0) is 18.8 Å². The average molecular weight is 473 g/mol. The van der Waals surface area contributed by atoms with Crippen molar-refractivity contribution in [2.24, 2.45) is 11.8 Å². The van der Waals surface area contributed by atoms with Crippen LogP contribution in [0.15, 0.2) is 18.3 Å². The van der Waals surface area contributed by atoms with E-state index in [2.05, 4.69) is 22.5 Å². The van der Waals surface area contributed by atoms with Crippen LogP contribution in [0.3, 0.4) is 0 Å². The molecule has 2 aliphatic rings. The lowest BCUT2D eigenvalue weighted by Crippen LogP contribution is -2.50. The van der Waals surface area contributed by atoms with Gasteiger partial charge in [0.25, 0.3) is 0 Å². The molecule has 0 radical (unpaired) electrons. The lowest BCUT2D eigenvalue weighted by atomic mass is 9.79. The molecule has 3 rings (SSSR count). The molecule has 1 aliphatic heterocycles. The predicted molar refractivity (Wildman–Crippen MR) is 133 cm³/mol. The van der Waals surface area contributed by atoms with Crippen molar-refractivity contribution in [2.75, 3.05) is 5.32 Å². The number of carbonyl (C=O) groups is 2. The second kappa shape index (κ2) is 9.86. The molecular formula is C25H40BN3O5. The van der Waals surface area contributed by atoms with Gasteiger partial charge in [-0.05, 0) is 79.2 Å². The fourth-order valence-electron chi connectivity index (χ4n) is 4.25.